The zero-order valence-electron chi connectivity index (χ0n) is 19.8. The van der Waals surface area contributed by atoms with Gasteiger partial charge in [0.2, 0.25) is 5.91 Å². The molecule has 0 unspecified atom stereocenters. The lowest BCUT2D eigenvalue weighted by atomic mass is 10.1. The molecule has 36 heavy (non-hydrogen) atoms. The highest BCUT2D eigenvalue weighted by Gasteiger charge is 2.30. The zero-order chi connectivity index (χ0) is 25.4. The summed E-state index contributed by atoms with van der Waals surface area (Å²) in [6, 6.07) is 5.47. The summed E-state index contributed by atoms with van der Waals surface area (Å²) in [5.74, 6) is -0.710. The number of halogens is 1. The first-order chi connectivity index (χ1) is 17.4. The van der Waals surface area contributed by atoms with E-state index in [-0.39, 0.29) is 63.2 Å². The monoisotopic (exact) mass is 492 g/mol. The number of pyridine rings is 1. The van der Waals surface area contributed by atoms with Gasteiger partial charge in [-0.15, -0.1) is 0 Å². The van der Waals surface area contributed by atoms with Crippen LogP contribution in [0.15, 0.2) is 41.6 Å². The zero-order valence-corrected chi connectivity index (χ0v) is 19.8. The van der Waals surface area contributed by atoms with E-state index >= 15 is 0 Å². The van der Waals surface area contributed by atoms with Crippen LogP contribution in [0.5, 0.6) is 5.75 Å². The molecule has 0 bridgehead atoms. The normalized spacial score (nSPS) is 14.8. The van der Waals surface area contributed by atoms with Crippen LogP contribution in [-0.4, -0.2) is 40.5 Å². The summed E-state index contributed by atoms with van der Waals surface area (Å²) in [7, 11) is 2.89. The molecule has 2 amide bonds. The van der Waals surface area contributed by atoms with Gasteiger partial charge in [0.25, 0.3) is 11.5 Å². The molecule has 186 valence electrons. The van der Waals surface area contributed by atoms with Crippen LogP contribution in [0.1, 0.15) is 42.1 Å². The van der Waals surface area contributed by atoms with E-state index in [1.54, 1.807) is 4.57 Å². The van der Waals surface area contributed by atoms with Crippen molar-refractivity contribution in [2.75, 3.05) is 24.8 Å². The van der Waals surface area contributed by atoms with Gasteiger partial charge in [-0.3, -0.25) is 19.0 Å². The van der Waals surface area contributed by atoms with Crippen molar-refractivity contribution >= 4 is 29.0 Å². The average Bonchev–Trinajstić information content (AvgIpc) is 3.76. The van der Waals surface area contributed by atoms with Crippen LogP contribution < -0.4 is 26.2 Å². The van der Waals surface area contributed by atoms with Gasteiger partial charge in [0.1, 0.15) is 11.6 Å². The standard InChI is InChI=1S/C25H25FN6O4/c1-27-25(35)17-11-28-21(31-24(34)13-3-4-13)9-19(17)30-20-8-14(26)7-16(23(20)36-2)18-10-22(33)32(12-29-18)15-5-6-15/h7-13,15H,3-6H2,1-2H3,(H,27,35)(H2,28,30,31,34). The second-order valence-corrected chi connectivity index (χ2v) is 8.87. The molecule has 0 atom stereocenters. The summed E-state index contributed by atoms with van der Waals surface area (Å²) in [5.41, 5.74) is 0.974. The Hall–Kier alpha value is -4.28. The SMILES string of the molecule is CNC(=O)c1cnc(NC(=O)C2CC2)cc1Nc1cc(F)cc(-c2cc(=O)n(C3CC3)cn2)c1OC. The number of carbonyl (C=O) groups excluding carboxylic acids is 2. The maximum absolute atomic E-state index is 14.8. The third-order valence-electron chi connectivity index (χ3n) is 6.15. The number of nitrogens with one attached hydrogen (secondary N) is 3. The number of hydrogen-bond donors (Lipinski definition) is 3. The van der Waals surface area contributed by atoms with Crippen molar-refractivity contribution in [2.24, 2.45) is 5.92 Å². The lowest BCUT2D eigenvalue weighted by molar-refractivity contribution is -0.117. The maximum Gasteiger partial charge on any atom is 0.254 e. The van der Waals surface area contributed by atoms with Crippen molar-refractivity contribution in [3.05, 3.63) is 58.5 Å². The van der Waals surface area contributed by atoms with Crippen LogP contribution >= 0.6 is 0 Å². The average molecular weight is 493 g/mol. The molecule has 2 heterocycles. The van der Waals surface area contributed by atoms with Crippen LogP contribution in [0.3, 0.4) is 0 Å². The predicted molar refractivity (Wildman–Crippen MR) is 131 cm³/mol. The number of rotatable bonds is 8. The van der Waals surface area contributed by atoms with Gasteiger partial charge in [-0.05, 0) is 31.7 Å². The molecular weight excluding hydrogens is 467 g/mol. The second kappa shape index (κ2) is 9.40. The highest BCUT2D eigenvalue weighted by Crippen LogP contribution is 2.39. The number of anilines is 3. The van der Waals surface area contributed by atoms with Gasteiger partial charge in [0.15, 0.2) is 5.75 Å². The number of nitrogens with zero attached hydrogens (tertiary/aromatic N) is 3. The molecule has 1 aromatic carbocycles. The molecule has 0 spiro atoms. The Balaban J connectivity index is 1.54. The molecule has 0 saturated heterocycles. The van der Waals surface area contributed by atoms with Crippen LogP contribution in [-0.2, 0) is 4.79 Å². The Labute approximate surface area is 205 Å². The van der Waals surface area contributed by atoms with Gasteiger partial charge in [-0.2, -0.15) is 0 Å². The van der Waals surface area contributed by atoms with Crippen molar-refractivity contribution in [1.29, 1.82) is 0 Å². The molecule has 3 N–H and O–H groups in total. The minimum atomic E-state index is -0.598. The minimum absolute atomic E-state index is 0.0319. The number of aromatic nitrogens is 3. The van der Waals surface area contributed by atoms with E-state index in [9.17, 15) is 18.8 Å². The lowest BCUT2D eigenvalue weighted by Crippen LogP contribution is -2.20. The molecule has 2 aromatic heterocycles. The number of carbonyl (C=O) groups is 2. The Morgan fingerprint density at radius 1 is 1.08 bits per heavy atom. The molecule has 2 saturated carbocycles. The van der Waals surface area contributed by atoms with Gasteiger partial charge >= 0.3 is 0 Å². The van der Waals surface area contributed by atoms with Gasteiger partial charge in [-0.25, -0.2) is 14.4 Å². The highest BCUT2D eigenvalue weighted by atomic mass is 19.1. The summed E-state index contributed by atoms with van der Waals surface area (Å²) in [5, 5.41) is 8.33. The first-order valence-electron chi connectivity index (χ1n) is 11.6. The van der Waals surface area contributed by atoms with E-state index in [2.05, 4.69) is 25.9 Å². The molecule has 0 aliphatic heterocycles. The fourth-order valence-electron chi connectivity index (χ4n) is 3.94. The lowest BCUT2D eigenvalue weighted by Gasteiger charge is -2.18. The van der Waals surface area contributed by atoms with Crippen LogP contribution in [0.2, 0.25) is 0 Å². The Morgan fingerprint density at radius 2 is 1.86 bits per heavy atom. The molecule has 5 rings (SSSR count). The van der Waals surface area contributed by atoms with Crippen molar-refractivity contribution < 1.29 is 18.7 Å². The van der Waals surface area contributed by atoms with Crippen molar-refractivity contribution in [2.45, 2.75) is 31.7 Å². The third kappa shape index (κ3) is 4.77. The fraction of sp³-hybridized carbons (Fsp3) is 0.320. The molecule has 2 fully saturated rings. The maximum atomic E-state index is 14.8. The topological polar surface area (TPSA) is 127 Å². The van der Waals surface area contributed by atoms with Gasteiger partial charge in [-0.1, -0.05) is 0 Å². The summed E-state index contributed by atoms with van der Waals surface area (Å²) < 4.78 is 21.9. The largest absolute Gasteiger partial charge is 0.494 e. The van der Waals surface area contributed by atoms with Crippen LogP contribution in [0, 0.1) is 11.7 Å². The van der Waals surface area contributed by atoms with Gasteiger partial charge < -0.3 is 20.7 Å². The number of methoxy groups -OCH3 is 1. The van der Waals surface area contributed by atoms with Crippen LogP contribution in [0.4, 0.5) is 21.6 Å². The summed E-state index contributed by atoms with van der Waals surface area (Å²) >= 11 is 0. The van der Waals surface area contributed by atoms with E-state index in [1.165, 1.54) is 50.9 Å². The highest BCUT2D eigenvalue weighted by molar-refractivity contribution is 6.01. The molecule has 3 aromatic rings. The van der Waals surface area contributed by atoms with Crippen LogP contribution in [0.25, 0.3) is 11.3 Å². The number of benzene rings is 1. The minimum Gasteiger partial charge on any atom is -0.494 e. The molecule has 0 radical (unpaired) electrons. The first-order valence-corrected chi connectivity index (χ1v) is 11.6. The van der Waals surface area contributed by atoms with E-state index in [4.69, 9.17) is 4.74 Å². The number of amides is 2. The van der Waals surface area contributed by atoms with E-state index in [1.807, 2.05) is 0 Å². The quantitative estimate of drug-likeness (QED) is 0.441. The molecule has 2 aliphatic rings. The van der Waals surface area contributed by atoms with Crippen molar-refractivity contribution in [3.8, 4) is 17.0 Å². The smallest absolute Gasteiger partial charge is 0.254 e. The molecule has 2 aliphatic carbocycles. The molecule has 10 nitrogen and oxygen atoms in total. The molecule has 11 heteroatoms. The predicted octanol–water partition coefficient (Wildman–Crippen LogP) is 3.24. The second-order valence-electron chi connectivity index (χ2n) is 8.87. The molecular formula is C25H25FN6O4. The number of hydrogen-bond acceptors (Lipinski definition) is 7. The Bertz CT molecular complexity index is 1410. The van der Waals surface area contributed by atoms with Gasteiger partial charge in [0, 0.05) is 49.0 Å². The van der Waals surface area contributed by atoms with E-state index < -0.39 is 11.7 Å². The van der Waals surface area contributed by atoms with Crippen molar-refractivity contribution in [3.63, 3.8) is 0 Å². The summed E-state index contributed by atoms with van der Waals surface area (Å²) in [6.45, 7) is 0. The summed E-state index contributed by atoms with van der Waals surface area (Å²) in [6.07, 6.45) is 6.32. The Kier molecular flexibility index (Phi) is 6.13. The number of ether oxygens (including phenoxy) is 1. The Morgan fingerprint density at radius 3 is 2.50 bits per heavy atom. The van der Waals surface area contributed by atoms with Gasteiger partial charge in [0.05, 0.1) is 36.1 Å². The van der Waals surface area contributed by atoms with E-state index in [0.717, 1.165) is 25.7 Å². The fourth-order valence-corrected chi connectivity index (χ4v) is 3.94. The third-order valence-corrected chi connectivity index (χ3v) is 6.15. The summed E-state index contributed by atoms with van der Waals surface area (Å²) in [4.78, 5) is 45.8. The van der Waals surface area contributed by atoms with E-state index in [0.29, 0.717) is 0 Å². The first kappa shape index (κ1) is 23.5. The van der Waals surface area contributed by atoms with Crippen molar-refractivity contribution in [1.82, 2.24) is 19.9 Å².